The fourth-order valence-corrected chi connectivity index (χ4v) is 3.20. The molecule has 0 aliphatic carbocycles. The first-order valence-corrected chi connectivity index (χ1v) is 8.42. The second-order valence-electron chi connectivity index (χ2n) is 6.28. The van der Waals surface area contributed by atoms with Crippen LogP contribution in [-0.4, -0.2) is 51.9 Å². The number of anilines is 2. The summed E-state index contributed by atoms with van der Waals surface area (Å²) in [4.78, 5) is 38.1. The predicted octanol–water partition coefficient (Wildman–Crippen LogP) is 1.02. The number of hydrogen-bond donors (Lipinski definition) is 1. The van der Waals surface area contributed by atoms with Crippen LogP contribution in [0.3, 0.4) is 0 Å². The van der Waals surface area contributed by atoms with Crippen molar-refractivity contribution in [2.45, 2.75) is 0 Å². The van der Waals surface area contributed by atoms with E-state index in [1.165, 1.54) is 18.3 Å². The van der Waals surface area contributed by atoms with Crippen molar-refractivity contribution in [1.82, 2.24) is 19.7 Å². The zero-order valence-corrected chi connectivity index (χ0v) is 14.6. The summed E-state index contributed by atoms with van der Waals surface area (Å²) in [5, 5.41) is 4.54. The Morgan fingerprint density at radius 1 is 1.15 bits per heavy atom. The molecule has 9 nitrogen and oxygen atoms in total. The van der Waals surface area contributed by atoms with Crippen molar-refractivity contribution in [3.8, 4) is 0 Å². The number of aromatic nitrogens is 4. The molecule has 27 heavy (non-hydrogen) atoms. The fourth-order valence-electron chi connectivity index (χ4n) is 3.20. The number of nitrogens with one attached hydrogen (secondary N) is 1. The predicted molar refractivity (Wildman–Crippen MR) is 96.5 cm³/mol. The van der Waals surface area contributed by atoms with E-state index in [4.69, 9.17) is 0 Å². The maximum atomic E-state index is 12.2. The number of halogens is 1. The van der Waals surface area contributed by atoms with Gasteiger partial charge in [-0.05, 0) is 24.3 Å². The highest BCUT2D eigenvalue weighted by Crippen LogP contribution is 2.20. The van der Waals surface area contributed by atoms with E-state index < -0.39 is 5.97 Å². The van der Waals surface area contributed by atoms with Gasteiger partial charge in [-0.1, -0.05) is 0 Å². The molecule has 1 N–H and O–H groups in total. The SMILES string of the molecule is Cn1ncc2c(=O)[nH]c(N3CCN(c4ccc(C(=O)OF)cc4)CC3)nc21. The summed E-state index contributed by atoms with van der Waals surface area (Å²) >= 11 is 0. The quantitative estimate of drug-likeness (QED) is 0.733. The topological polar surface area (TPSA) is 96.4 Å². The Hall–Kier alpha value is -3.43. The summed E-state index contributed by atoms with van der Waals surface area (Å²) in [5.41, 5.74) is 1.42. The molecule has 1 aromatic carbocycles. The first kappa shape index (κ1) is 17.0. The average Bonchev–Trinajstić information content (AvgIpc) is 3.09. The minimum absolute atomic E-state index is 0.158. The Labute approximate surface area is 152 Å². The van der Waals surface area contributed by atoms with Gasteiger partial charge in [-0.25, -0.2) is 9.74 Å². The molecule has 0 amide bonds. The molecule has 1 aliphatic heterocycles. The monoisotopic (exact) mass is 372 g/mol. The molecular weight excluding hydrogens is 355 g/mol. The third kappa shape index (κ3) is 3.09. The van der Waals surface area contributed by atoms with Gasteiger partial charge in [0.1, 0.15) is 5.39 Å². The molecule has 2 aromatic heterocycles. The fraction of sp³-hybridized carbons (Fsp3) is 0.294. The summed E-state index contributed by atoms with van der Waals surface area (Å²) in [7, 11) is 1.75. The summed E-state index contributed by atoms with van der Waals surface area (Å²) in [6, 6.07) is 6.56. The summed E-state index contributed by atoms with van der Waals surface area (Å²) in [5.74, 6) is -0.483. The van der Waals surface area contributed by atoms with E-state index in [0.717, 1.165) is 5.69 Å². The maximum Gasteiger partial charge on any atom is 0.379 e. The number of carbonyl (C=O) groups is 1. The zero-order valence-electron chi connectivity index (χ0n) is 14.6. The van der Waals surface area contributed by atoms with E-state index in [1.54, 1.807) is 23.9 Å². The largest absolute Gasteiger partial charge is 0.379 e. The van der Waals surface area contributed by atoms with Gasteiger partial charge in [0.2, 0.25) is 5.95 Å². The Bertz CT molecular complexity index is 1040. The molecule has 140 valence electrons. The number of carbonyl (C=O) groups excluding carboxylic acids is 1. The van der Waals surface area contributed by atoms with Crippen molar-refractivity contribution in [3.63, 3.8) is 0 Å². The zero-order chi connectivity index (χ0) is 19.0. The Morgan fingerprint density at radius 3 is 2.48 bits per heavy atom. The molecule has 0 radical (unpaired) electrons. The van der Waals surface area contributed by atoms with Gasteiger partial charge in [-0.2, -0.15) is 10.1 Å². The molecule has 0 atom stereocenters. The van der Waals surface area contributed by atoms with Crippen molar-refractivity contribution in [2.24, 2.45) is 7.05 Å². The third-order valence-corrected chi connectivity index (χ3v) is 4.71. The first-order valence-electron chi connectivity index (χ1n) is 8.42. The number of H-pyrrole nitrogens is 1. The highest BCUT2D eigenvalue weighted by Gasteiger charge is 2.21. The molecule has 3 heterocycles. The van der Waals surface area contributed by atoms with Crippen molar-refractivity contribution >= 4 is 28.6 Å². The van der Waals surface area contributed by atoms with Gasteiger partial charge >= 0.3 is 5.97 Å². The van der Waals surface area contributed by atoms with E-state index in [2.05, 4.69) is 24.9 Å². The van der Waals surface area contributed by atoms with Crippen LogP contribution in [0, 0.1) is 0 Å². The highest BCUT2D eigenvalue weighted by molar-refractivity contribution is 5.89. The molecule has 10 heteroatoms. The molecular formula is C17H17FN6O3. The number of piperazine rings is 1. The molecule has 0 bridgehead atoms. The second kappa shape index (κ2) is 6.71. The van der Waals surface area contributed by atoms with Crippen LogP contribution in [0.2, 0.25) is 0 Å². The Kier molecular flexibility index (Phi) is 4.22. The van der Waals surface area contributed by atoms with Gasteiger partial charge in [0.25, 0.3) is 5.56 Å². The van der Waals surface area contributed by atoms with Crippen LogP contribution in [0.25, 0.3) is 11.0 Å². The van der Waals surface area contributed by atoms with Crippen molar-refractivity contribution in [1.29, 1.82) is 0 Å². The minimum atomic E-state index is -1.01. The number of benzene rings is 1. The standard InChI is InChI=1S/C17H17FN6O3/c1-22-14-13(10-19-22)15(25)21-17(20-14)24-8-6-23(7-9-24)12-4-2-11(3-5-12)16(26)27-18/h2-5,10H,6-9H2,1H3,(H,20,21,25). The van der Waals surface area contributed by atoms with Crippen molar-refractivity contribution in [2.75, 3.05) is 36.0 Å². The third-order valence-electron chi connectivity index (χ3n) is 4.71. The van der Waals surface area contributed by atoms with Gasteiger partial charge < -0.3 is 9.80 Å². The molecule has 0 saturated carbocycles. The lowest BCUT2D eigenvalue weighted by Crippen LogP contribution is -2.47. The molecule has 4 rings (SSSR count). The normalized spacial score (nSPS) is 14.6. The summed E-state index contributed by atoms with van der Waals surface area (Å²) in [6.45, 7) is 2.75. The summed E-state index contributed by atoms with van der Waals surface area (Å²) < 4.78 is 13.5. The first-order chi connectivity index (χ1) is 13.1. The van der Waals surface area contributed by atoms with E-state index in [-0.39, 0.29) is 11.1 Å². The molecule has 3 aromatic rings. The minimum Gasteiger partial charge on any atom is -0.368 e. The number of fused-ring (bicyclic) bond motifs is 1. The van der Waals surface area contributed by atoms with Crippen LogP contribution in [0.1, 0.15) is 10.4 Å². The number of aryl methyl sites for hydroxylation is 1. The number of rotatable bonds is 3. The highest BCUT2D eigenvalue weighted by atomic mass is 19.3. The number of aromatic amines is 1. The average molecular weight is 372 g/mol. The van der Waals surface area contributed by atoms with Gasteiger partial charge in [0, 0.05) is 43.4 Å². The molecule has 0 unspecified atom stereocenters. The number of nitrogens with zero attached hydrogens (tertiary/aromatic N) is 5. The molecule has 1 fully saturated rings. The van der Waals surface area contributed by atoms with Gasteiger partial charge in [-0.3, -0.25) is 14.5 Å². The molecule has 0 spiro atoms. The van der Waals surface area contributed by atoms with Crippen LogP contribution in [0.4, 0.5) is 16.2 Å². The van der Waals surface area contributed by atoms with E-state index in [0.29, 0.717) is 43.2 Å². The lowest BCUT2D eigenvalue weighted by Gasteiger charge is -2.36. The van der Waals surface area contributed by atoms with E-state index >= 15 is 0 Å². The van der Waals surface area contributed by atoms with Crippen LogP contribution < -0.4 is 15.4 Å². The molecule has 1 aliphatic rings. The van der Waals surface area contributed by atoms with Gasteiger partial charge in [0.05, 0.1) is 11.8 Å². The Morgan fingerprint density at radius 2 is 1.81 bits per heavy atom. The maximum absolute atomic E-state index is 12.2. The van der Waals surface area contributed by atoms with Gasteiger partial charge in [-0.15, -0.1) is 0 Å². The van der Waals surface area contributed by atoms with Crippen LogP contribution in [-0.2, 0) is 12.0 Å². The molecule has 1 saturated heterocycles. The van der Waals surface area contributed by atoms with Crippen LogP contribution >= 0.6 is 0 Å². The van der Waals surface area contributed by atoms with Crippen molar-refractivity contribution < 1.29 is 14.3 Å². The second-order valence-corrected chi connectivity index (χ2v) is 6.28. The van der Waals surface area contributed by atoms with E-state index in [9.17, 15) is 14.1 Å². The Balaban J connectivity index is 1.48. The lowest BCUT2D eigenvalue weighted by atomic mass is 10.2. The van der Waals surface area contributed by atoms with Gasteiger partial charge in [0.15, 0.2) is 5.65 Å². The van der Waals surface area contributed by atoms with Crippen LogP contribution in [0.15, 0.2) is 35.3 Å². The smallest absolute Gasteiger partial charge is 0.368 e. The van der Waals surface area contributed by atoms with E-state index in [1.807, 2.05) is 4.90 Å². The lowest BCUT2D eigenvalue weighted by molar-refractivity contribution is -0.0788. The number of hydrogen-bond acceptors (Lipinski definition) is 7. The van der Waals surface area contributed by atoms with Crippen LogP contribution in [0.5, 0.6) is 0 Å². The summed E-state index contributed by atoms with van der Waals surface area (Å²) in [6.07, 6.45) is 1.51. The van der Waals surface area contributed by atoms with Crippen molar-refractivity contribution in [3.05, 3.63) is 46.4 Å².